The molecule has 2 aromatic rings. The highest BCUT2D eigenvalue weighted by Crippen LogP contribution is 2.26. The Hall–Kier alpha value is -2.29. The topological polar surface area (TPSA) is 32.3 Å². The van der Waals surface area contributed by atoms with Gasteiger partial charge in [-0.15, -0.1) is 0 Å². The molecule has 0 saturated heterocycles. The molecule has 0 atom stereocenters. The van der Waals surface area contributed by atoms with Gasteiger partial charge in [0.15, 0.2) is 0 Å². The van der Waals surface area contributed by atoms with E-state index < -0.39 is 0 Å². The molecule has 0 aliphatic carbocycles. The van der Waals surface area contributed by atoms with E-state index in [2.05, 4.69) is 34.5 Å². The van der Waals surface area contributed by atoms with E-state index in [9.17, 15) is 4.79 Å². The summed E-state index contributed by atoms with van der Waals surface area (Å²) < 4.78 is 0. The van der Waals surface area contributed by atoms with Gasteiger partial charge in [-0.2, -0.15) is 0 Å². The summed E-state index contributed by atoms with van der Waals surface area (Å²) in [6.45, 7) is 3.85. The number of nitrogens with one attached hydrogen (secondary N) is 1. The Morgan fingerprint density at radius 1 is 1.14 bits per heavy atom. The van der Waals surface area contributed by atoms with Crippen LogP contribution in [0.25, 0.3) is 0 Å². The van der Waals surface area contributed by atoms with Crippen LogP contribution < -0.4 is 10.2 Å². The van der Waals surface area contributed by atoms with Crippen molar-refractivity contribution in [2.45, 2.75) is 26.2 Å². The molecule has 22 heavy (non-hydrogen) atoms. The summed E-state index contributed by atoms with van der Waals surface area (Å²) in [6.07, 6.45) is 2.82. The molecular weight excluding hydrogens is 272 g/mol. The number of aryl methyl sites for hydroxylation is 2. The number of carbonyl (C=O) groups excluding carboxylic acids is 1. The summed E-state index contributed by atoms with van der Waals surface area (Å²) in [6, 6.07) is 16.4. The molecule has 0 aromatic heterocycles. The lowest BCUT2D eigenvalue weighted by Gasteiger charge is -2.31. The fourth-order valence-corrected chi connectivity index (χ4v) is 2.94. The van der Waals surface area contributed by atoms with Gasteiger partial charge in [-0.25, -0.2) is 0 Å². The van der Waals surface area contributed by atoms with Crippen LogP contribution >= 0.6 is 0 Å². The van der Waals surface area contributed by atoms with Crippen LogP contribution in [-0.2, 0) is 11.2 Å². The molecule has 114 valence electrons. The molecule has 1 aliphatic rings. The van der Waals surface area contributed by atoms with Crippen LogP contribution in [0.1, 0.15) is 24.0 Å². The molecule has 0 bridgehead atoms. The lowest BCUT2D eigenvalue weighted by Crippen LogP contribution is -2.32. The number of nitrogens with zero attached hydrogens (tertiary/aromatic N) is 1. The molecule has 0 unspecified atom stereocenters. The van der Waals surface area contributed by atoms with E-state index in [1.54, 1.807) is 0 Å². The quantitative estimate of drug-likeness (QED) is 0.931. The van der Waals surface area contributed by atoms with E-state index in [-0.39, 0.29) is 5.91 Å². The summed E-state index contributed by atoms with van der Waals surface area (Å²) in [5.41, 5.74) is 4.75. The van der Waals surface area contributed by atoms with Crippen LogP contribution in [0.3, 0.4) is 0 Å². The predicted molar refractivity (Wildman–Crippen MR) is 91.4 cm³/mol. The van der Waals surface area contributed by atoms with Crippen LogP contribution in [0, 0.1) is 6.92 Å². The van der Waals surface area contributed by atoms with Gasteiger partial charge in [0.2, 0.25) is 5.91 Å². The first kappa shape index (κ1) is 14.6. The summed E-state index contributed by atoms with van der Waals surface area (Å²) >= 11 is 0. The number of fused-ring (bicyclic) bond motifs is 1. The van der Waals surface area contributed by atoms with Gasteiger partial charge in [-0.3, -0.25) is 4.79 Å². The first-order valence-electron chi connectivity index (χ1n) is 7.92. The molecule has 0 radical (unpaired) electrons. The van der Waals surface area contributed by atoms with Crippen molar-refractivity contribution in [3.63, 3.8) is 0 Å². The Kier molecular flexibility index (Phi) is 4.42. The van der Waals surface area contributed by atoms with Gasteiger partial charge >= 0.3 is 0 Å². The molecule has 1 heterocycles. The SMILES string of the molecule is Cc1ccc(NC(=O)CCN2CCCc3ccccc32)cc1. The van der Waals surface area contributed by atoms with Crippen molar-refractivity contribution in [1.29, 1.82) is 0 Å². The Bertz CT molecular complexity index is 649. The average molecular weight is 294 g/mol. The smallest absolute Gasteiger partial charge is 0.226 e. The number of benzene rings is 2. The zero-order valence-electron chi connectivity index (χ0n) is 13.0. The number of anilines is 2. The van der Waals surface area contributed by atoms with E-state index >= 15 is 0 Å². The zero-order chi connectivity index (χ0) is 15.4. The highest BCUT2D eigenvalue weighted by molar-refractivity contribution is 5.91. The molecule has 1 aliphatic heterocycles. The van der Waals surface area contributed by atoms with Crippen molar-refractivity contribution in [2.24, 2.45) is 0 Å². The normalized spacial score (nSPS) is 13.6. The van der Waals surface area contributed by atoms with E-state index in [4.69, 9.17) is 0 Å². The minimum Gasteiger partial charge on any atom is -0.371 e. The molecule has 0 saturated carbocycles. The maximum Gasteiger partial charge on any atom is 0.226 e. The molecule has 0 fully saturated rings. The number of hydrogen-bond acceptors (Lipinski definition) is 2. The van der Waals surface area contributed by atoms with Gasteiger partial charge in [0.25, 0.3) is 0 Å². The van der Waals surface area contributed by atoms with Crippen molar-refractivity contribution in [1.82, 2.24) is 0 Å². The fraction of sp³-hybridized carbons (Fsp3) is 0.316. The Morgan fingerprint density at radius 2 is 1.91 bits per heavy atom. The predicted octanol–water partition coefficient (Wildman–Crippen LogP) is 3.78. The van der Waals surface area contributed by atoms with Crippen molar-refractivity contribution in [3.8, 4) is 0 Å². The minimum atomic E-state index is 0.0758. The number of hydrogen-bond donors (Lipinski definition) is 1. The van der Waals surface area contributed by atoms with Gasteiger partial charge < -0.3 is 10.2 Å². The second kappa shape index (κ2) is 6.65. The van der Waals surface area contributed by atoms with Crippen LogP contribution in [0.4, 0.5) is 11.4 Å². The monoisotopic (exact) mass is 294 g/mol. The zero-order valence-corrected chi connectivity index (χ0v) is 13.0. The lowest BCUT2D eigenvalue weighted by molar-refractivity contribution is -0.116. The summed E-state index contributed by atoms with van der Waals surface area (Å²) in [4.78, 5) is 14.4. The lowest BCUT2D eigenvalue weighted by atomic mass is 10.0. The largest absolute Gasteiger partial charge is 0.371 e. The van der Waals surface area contributed by atoms with Gasteiger partial charge in [-0.1, -0.05) is 35.9 Å². The molecule has 0 spiro atoms. The first-order chi connectivity index (χ1) is 10.7. The first-order valence-corrected chi connectivity index (χ1v) is 7.92. The van der Waals surface area contributed by atoms with Crippen LogP contribution in [0.15, 0.2) is 48.5 Å². The highest BCUT2D eigenvalue weighted by Gasteiger charge is 2.16. The molecule has 3 heteroatoms. The van der Waals surface area contributed by atoms with Crippen LogP contribution in [-0.4, -0.2) is 19.0 Å². The summed E-state index contributed by atoms with van der Waals surface area (Å²) in [7, 11) is 0. The highest BCUT2D eigenvalue weighted by atomic mass is 16.1. The number of carbonyl (C=O) groups is 1. The van der Waals surface area contributed by atoms with Crippen LogP contribution in [0.5, 0.6) is 0 Å². The number of rotatable bonds is 4. The van der Waals surface area contributed by atoms with E-state index in [1.807, 2.05) is 31.2 Å². The summed E-state index contributed by atoms with van der Waals surface area (Å²) in [5, 5.41) is 2.97. The standard InChI is InChI=1S/C19H22N2O/c1-15-8-10-17(11-9-15)20-19(22)12-14-21-13-4-6-16-5-2-3-7-18(16)21/h2-3,5,7-11H,4,6,12-14H2,1H3,(H,20,22). The summed E-state index contributed by atoms with van der Waals surface area (Å²) in [5.74, 6) is 0.0758. The Morgan fingerprint density at radius 3 is 2.73 bits per heavy atom. The van der Waals surface area contributed by atoms with E-state index in [1.165, 1.54) is 16.8 Å². The second-order valence-electron chi connectivity index (χ2n) is 5.88. The third-order valence-corrected chi connectivity index (χ3v) is 4.15. The van der Waals surface area contributed by atoms with Gasteiger partial charge in [-0.05, 0) is 43.5 Å². The molecule has 1 amide bonds. The molecular formula is C19H22N2O. The average Bonchev–Trinajstić information content (AvgIpc) is 2.55. The van der Waals surface area contributed by atoms with Crippen molar-refractivity contribution < 1.29 is 4.79 Å². The maximum atomic E-state index is 12.1. The van der Waals surface area contributed by atoms with E-state index in [0.717, 1.165) is 31.6 Å². The fourth-order valence-electron chi connectivity index (χ4n) is 2.94. The minimum absolute atomic E-state index is 0.0758. The molecule has 3 rings (SSSR count). The second-order valence-corrected chi connectivity index (χ2v) is 5.88. The third kappa shape index (κ3) is 3.48. The van der Waals surface area contributed by atoms with E-state index in [0.29, 0.717) is 6.42 Å². The van der Waals surface area contributed by atoms with Crippen molar-refractivity contribution in [3.05, 3.63) is 59.7 Å². The molecule has 3 nitrogen and oxygen atoms in total. The maximum absolute atomic E-state index is 12.1. The number of amides is 1. The van der Waals surface area contributed by atoms with Crippen LogP contribution in [0.2, 0.25) is 0 Å². The Labute approximate surface area is 132 Å². The Balaban J connectivity index is 1.56. The number of para-hydroxylation sites is 1. The van der Waals surface area contributed by atoms with Gasteiger partial charge in [0, 0.05) is 30.9 Å². The van der Waals surface area contributed by atoms with Gasteiger partial charge in [0.05, 0.1) is 0 Å². The molecule has 1 N–H and O–H groups in total. The van der Waals surface area contributed by atoms with Crippen molar-refractivity contribution >= 4 is 17.3 Å². The third-order valence-electron chi connectivity index (χ3n) is 4.15. The van der Waals surface area contributed by atoms with Crippen molar-refractivity contribution in [2.75, 3.05) is 23.3 Å². The molecule has 2 aromatic carbocycles. The van der Waals surface area contributed by atoms with Gasteiger partial charge in [0.1, 0.15) is 0 Å².